The molecule has 0 heterocycles. The summed E-state index contributed by atoms with van der Waals surface area (Å²) < 4.78 is 12.8. The number of benzene rings is 2. The maximum atomic E-state index is 12.8. The highest BCUT2D eigenvalue weighted by Crippen LogP contribution is 2.26. The van der Waals surface area contributed by atoms with Crippen LogP contribution in [0.5, 0.6) is 0 Å². The Bertz CT molecular complexity index is 476. The van der Waals surface area contributed by atoms with E-state index < -0.39 is 0 Å². The highest BCUT2D eigenvalue weighted by molar-refractivity contribution is 5.65. The number of hydrogen-bond donors (Lipinski definition) is 0. The average molecular weight is 215 g/mol. The van der Waals surface area contributed by atoms with E-state index in [9.17, 15) is 4.39 Å². The normalized spacial score (nSPS) is 10.2. The number of rotatable bonds is 2. The molecular formula is C14H14FN. The Morgan fingerprint density at radius 3 is 2.19 bits per heavy atom. The van der Waals surface area contributed by atoms with Crippen molar-refractivity contribution in [1.82, 2.24) is 0 Å². The van der Waals surface area contributed by atoms with E-state index in [-0.39, 0.29) is 5.82 Å². The van der Waals surface area contributed by atoms with Gasteiger partial charge in [-0.1, -0.05) is 18.2 Å². The maximum Gasteiger partial charge on any atom is 0.123 e. The van der Waals surface area contributed by atoms with Gasteiger partial charge in [0, 0.05) is 18.4 Å². The zero-order valence-corrected chi connectivity index (χ0v) is 9.44. The highest BCUT2D eigenvalue weighted by Gasteiger charge is 2.05. The molecule has 0 aliphatic heterocycles. The van der Waals surface area contributed by atoms with Crippen molar-refractivity contribution in [3.05, 3.63) is 59.9 Å². The van der Waals surface area contributed by atoms with Crippen molar-refractivity contribution < 1.29 is 4.39 Å². The molecule has 0 atom stereocenters. The molecule has 0 unspecified atom stereocenters. The first-order valence-electron chi connectivity index (χ1n) is 5.23. The molecule has 0 aromatic heterocycles. The summed E-state index contributed by atoms with van der Waals surface area (Å²) in [6, 6.07) is 14.6. The van der Waals surface area contributed by atoms with Crippen LogP contribution in [0.3, 0.4) is 0 Å². The van der Waals surface area contributed by atoms with Gasteiger partial charge in [0.2, 0.25) is 0 Å². The molecule has 0 saturated carbocycles. The second-order valence-corrected chi connectivity index (χ2v) is 3.82. The van der Waals surface area contributed by atoms with Gasteiger partial charge < -0.3 is 4.90 Å². The number of halogens is 1. The van der Waals surface area contributed by atoms with E-state index in [0.29, 0.717) is 0 Å². The maximum absolute atomic E-state index is 12.8. The monoisotopic (exact) mass is 215 g/mol. The summed E-state index contributed by atoms with van der Waals surface area (Å²) in [5, 5.41) is 0. The van der Waals surface area contributed by atoms with Crippen LogP contribution in [-0.4, -0.2) is 7.05 Å². The van der Waals surface area contributed by atoms with E-state index in [0.717, 1.165) is 11.4 Å². The van der Waals surface area contributed by atoms with Gasteiger partial charge >= 0.3 is 0 Å². The first-order valence-corrected chi connectivity index (χ1v) is 5.23. The smallest absolute Gasteiger partial charge is 0.123 e. The van der Waals surface area contributed by atoms with Gasteiger partial charge in [-0.2, -0.15) is 0 Å². The second-order valence-electron chi connectivity index (χ2n) is 3.82. The van der Waals surface area contributed by atoms with Crippen LogP contribution in [0.25, 0.3) is 0 Å². The van der Waals surface area contributed by atoms with Crippen LogP contribution in [0.2, 0.25) is 0 Å². The summed E-state index contributed by atoms with van der Waals surface area (Å²) in [6.45, 7) is 2.06. The van der Waals surface area contributed by atoms with Crippen LogP contribution in [0, 0.1) is 12.7 Å². The van der Waals surface area contributed by atoms with Gasteiger partial charge in [-0.3, -0.25) is 0 Å². The van der Waals surface area contributed by atoms with Crippen molar-refractivity contribution >= 4 is 11.4 Å². The molecule has 1 nitrogen and oxygen atoms in total. The fourth-order valence-electron chi connectivity index (χ4n) is 1.74. The molecule has 0 spiro atoms. The lowest BCUT2D eigenvalue weighted by Gasteiger charge is -2.21. The van der Waals surface area contributed by atoms with Gasteiger partial charge in [-0.25, -0.2) is 4.39 Å². The topological polar surface area (TPSA) is 3.24 Å². The molecule has 0 bridgehead atoms. The van der Waals surface area contributed by atoms with Crippen molar-refractivity contribution in [1.29, 1.82) is 0 Å². The van der Waals surface area contributed by atoms with Crippen molar-refractivity contribution in [2.24, 2.45) is 0 Å². The lowest BCUT2D eigenvalue weighted by atomic mass is 10.1. The average Bonchev–Trinajstić information content (AvgIpc) is 2.30. The lowest BCUT2D eigenvalue weighted by molar-refractivity contribution is 0.628. The fraction of sp³-hybridized carbons (Fsp3) is 0.143. The molecule has 2 rings (SSSR count). The standard InChI is InChI=1S/C14H14FN/c1-11-5-3-4-6-14(11)16(2)13-9-7-12(15)8-10-13/h3-10H,1-2H3. The largest absolute Gasteiger partial charge is 0.344 e. The van der Waals surface area contributed by atoms with E-state index in [1.54, 1.807) is 12.1 Å². The van der Waals surface area contributed by atoms with E-state index in [1.807, 2.05) is 19.2 Å². The van der Waals surface area contributed by atoms with E-state index in [2.05, 4.69) is 24.0 Å². The molecule has 0 aliphatic carbocycles. The van der Waals surface area contributed by atoms with Gasteiger partial charge in [0.25, 0.3) is 0 Å². The molecule has 0 N–H and O–H groups in total. The third kappa shape index (κ3) is 2.06. The molecule has 16 heavy (non-hydrogen) atoms. The summed E-state index contributed by atoms with van der Waals surface area (Å²) in [4.78, 5) is 2.05. The number of anilines is 2. The summed E-state index contributed by atoms with van der Waals surface area (Å²) in [7, 11) is 1.98. The summed E-state index contributed by atoms with van der Waals surface area (Å²) >= 11 is 0. The van der Waals surface area contributed by atoms with Gasteiger partial charge in [-0.05, 0) is 42.8 Å². The second kappa shape index (κ2) is 4.35. The Morgan fingerprint density at radius 2 is 1.56 bits per heavy atom. The molecule has 0 saturated heterocycles. The minimum absolute atomic E-state index is 0.207. The van der Waals surface area contributed by atoms with Gasteiger partial charge in [-0.15, -0.1) is 0 Å². The van der Waals surface area contributed by atoms with Gasteiger partial charge in [0.05, 0.1) is 0 Å². The van der Waals surface area contributed by atoms with Gasteiger partial charge in [0.1, 0.15) is 5.82 Å². The molecule has 0 amide bonds. The number of aryl methyl sites for hydroxylation is 1. The molecule has 0 fully saturated rings. The lowest BCUT2D eigenvalue weighted by Crippen LogP contribution is -2.10. The molecule has 2 aromatic carbocycles. The van der Waals surface area contributed by atoms with Crippen molar-refractivity contribution in [3.8, 4) is 0 Å². The first kappa shape index (κ1) is 10.7. The third-order valence-corrected chi connectivity index (χ3v) is 2.69. The molecule has 0 radical (unpaired) electrons. The summed E-state index contributed by atoms with van der Waals surface area (Å²) in [5.41, 5.74) is 3.32. The van der Waals surface area contributed by atoms with Crippen LogP contribution in [0.4, 0.5) is 15.8 Å². The summed E-state index contributed by atoms with van der Waals surface area (Å²) in [5.74, 6) is -0.207. The molecule has 0 aliphatic rings. The SMILES string of the molecule is Cc1ccccc1N(C)c1ccc(F)cc1. The first-order chi connectivity index (χ1) is 7.68. The Labute approximate surface area is 95.1 Å². The van der Waals surface area contributed by atoms with E-state index in [4.69, 9.17) is 0 Å². The van der Waals surface area contributed by atoms with Crippen LogP contribution < -0.4 is 4.90 Å². The van der Waals surface area contributed by atoms with Gasteiger partial charge in [0.15, 0.2) is 0 Å². The van der Waals surface area contributed by atoms with Crippen LogP contribution >= 0.6 is 0 Å². The highest BCUT2D eigenvalue weighted by atomic mass is 19.1. The zero-order chi connectivity index (χ0) is 11.5. The fourth-order valence-corrected chi connectivity index (χ4v) is 1.74. The van der Waals surface area contributed by atoms with E-state index >= 15 is 0 Å². The third-order valence-electron chi connectivity index (χ3n) is 2.69. The Morgan fingerprint density at radius 1 is 0.938 bits per heavy atom. The Kier molecular flexibility index (Phi) is 2.91. The predicted molar refractivity (Wildman–Crippen MR) is 65.6 cm³/mol. The van der Waals surface area contributed by atoms with Crippen LogP contribution in [0.1, 0.15) is 5.56 Å². The van der Waals surface area contributed by atoms with Crippen molar-refractivity contribution in [2.75, 3.05) is 11.9 Å². The molecule has 2 heteroatoms. The Hall–Kier alpha value is -1.83. The quantitative estimate of drug-likeness (QED) is 0.734. The molecule has 2 aromatic rings. The molecular weight excluding hydrogens is 201 g/mol. The Balaban J connectivity index is 2.35. The van der Waals surface area contributed by atoms with Crippen LogP contribution in [0.15, 0.2) is 48.5 Å². The van der Waals surface area contributed by atoms with Crippen molar-refractivity contribution in [2.45, 2.75) is 6.92 Å². The number of nitrogens with zero attached hydrogens (tertiary/aromatic N) is 1. The van der Waals surface area contributed by atoms with E-state index in [1.165, 1.54) is 17.7 Å². The number of hydrogen-bond acceptors (Lipinski definition) is 1. The zero-order valence-electron chi connectivity index (χ0n) is 9.44. The molecule has 82 valence electrons. The number of para-hydroxylation sites is 1. The van der Waals surface area contributed by atoms with Crippen molar-refractivity contribution in [3.63, 3.8) is 0 Å². The summed E-state index contributed by atoms with van der Waals surface area (Å²) in [6.07, 6.45) is 0. The van der Waals surface area contributed by atoms with Crippen LogP contribution in [-0.2, 0) is 0 Å². The minimum Gasteiger partial charge on any atom is -0.344 e. The minimum atomic E-state index is -0.207. The predicted octanol–water partition coefficient (Wildman–Crippen LogP) is 3.90.